The number of nitrogens with one attached hydrogen (secondary N) is 3. The fourth-order valence-corrected chi connectivity index (χ4v) is 2.42. The van der Waals surface area contributed by atoms with E-state index in [1.54, 1.807) is 24.3 Å². The van der Waals surface area contributed by atoms with Crippen LogP contribution in [0.15, 0.2) is 30.3 Å². The molecule has 1 aliphatic carbocycles. The molecule has 122 valence electrons. The van der Waals surface area contributed by atoms with Crippen LogP contribution in [0.2, 0.25) is 0 Å². The van der Waals surface area contributed by atoms with Gasteiger partial charge in [-0.2, -0.15) is 15.4 Å². The number of anilines is 3. The van der Waals surface area contributed by atoms with Crippen molar-refractivity contribution in [2.75, 3.05) is 17.2 Å². The molecule has 0 radical (unpaired) electrons. The predicted octanol–water partition coefficient (Wildman–Crippen LogP) is 2.83. The van der Waals surface area contributed by atoms with Crippen LogP contribution >= 0.6 is 0 Å². The average molecular weight is 325 g/mol. The van der Waals surface area contributed by atoms with Crippen LogP contribution in [0.4, 0.5) is 23.0 Å². The van der Waals surface area contributed by atoms with Crippen molar-refractivity contribution in [3.63, 3.8) is 0 Å². The first kappa shape index (κ1) is 14.4. The molecule has 3 aromatic rings. The first-order valence-electron chi connectivity index (χ1n) is 7.66. The third-order valence-corrected chi connectivity index (χ3v) is 3.92. The van der Waals surface area contributed by atoms with Crippen molar-refractivity contribution in [2.24, 2.45) is 5.92 Å². The van der Waals surface area contributed by atoms with Gasteiger partial charge in [0.2, 0.25) is 5.82 Å². The number of fused-ring (bicyclic) bond motifs is 1. The summed E-state index contributed by atoms with van der Waals surface area (Å²) in [6.45, 7) is 0.842. The lowest BCUT2D eigenvalue weighted by molar-refractivity contribution is -0.384. The summed E-state index contributed by atoms with van der Waals surface area (Å²) in [7, 11) is 0. The van der Waals surface area contributed by atoms with Crippen LogP contribution in [0.3, 0.4) is 0 Å². The average Bonchev–Trinajstić information content (AvgIpc) is 3.29. The largest absolute Gasteiger partial charge is 0.370 e. The molecule has 1 fully saturated rings. The van der Waals surface area contributed by atoms with E-state index in [-0.39, 0.29) is 11.5 Å². The SMILES string of the molecule is O=[N+]([O-])c1ccc(NCC2CC2)nc1Nc1ccc2n[nH]nc2c1. The molecule has 1 saturated carbocycles. The lowest BCUT2D eigenvalue weighted by atomic mass is 10.2. The Labute approximate surface area is 136 Å². The molecule has 24 heavy (non-hydrogen) atoms. The Hall–Kier alpha value is -3.23. The normalized spacial score (nSPS) is 13.8. The van der Waals surface area contributed by atoms with Gasteiger partial charge in [-0.3, -0.25) is 10.1 Å². The number of pyridine rings is 1. The summed E-state index contributed by atoms with van der Waals surface area (Å²) in [5.41, 5.74) is 1.98. The van der Waals surface area contributed by atoms with Gasteiger partial charge in [-0.25, -0.2) is 4.98 Å². The zero-order chi connectivity index (χ0) is 16.5. The summed E-state index contributed by atoms with van der Waals surface area (Å²) in [5, 5.41) is 28.0. The first-order chi connectivity index (χ1) is 11.7. The minimum atomic E-state index is -0.450. The summed E-state index contributed by atoms with van der Waals surface area (Å²) < 4.78 is 0. The monoisotopic (exact) mass is 325 g/mol. The smallest absolute Gasteiger partial charge is 0.311 e. The van der Waals surface area contributed by atoms with E-state index in [2.05, 4.69) is 31.0 Å². The molecule has 2 heterocycles. The number of aromatic amines is 1. The Morgan fingerprint density at radius 1 is 1.21 bits per heavy atom. The van der Waals surface area contributed by atoms with Crippen LogP contribution in [0.25, 0.3) is 11.0 Å². The van der Waals surface area contributed by atoms with Crippen molar-refractivity contribution < 1.29 is 4.92 Å². The second-order valence-electron chi connectivity index (χ2n) is 5.80. The molecular formula is C15H15N7O2. The van der Waals surface area contributed by atoms with E-state index >= 15 is 0 Å². The van der Waals surface area contributed by atoms with E-state index in [0.717, 1.165) is 12.1 Å². The molecule has 0 bridgehead atoms. The summed E-state index contributed by atoms with van der Waals surface area (Å²) in [5.74, 6) is 1.51. The second-order valence-corrected chi connectivity index (χ2v) is 5.80. The number of benzene rings is 1. The van der Waals surface area contributed by atoms with Gasteiger partial charge in [0, 0.05) is 18.3 Å². The molecule has 3 N–H and O–H groups in total. The minimum Gasteiger partial charge on any atom is -0.370 e. The molecule has 0 spiro atoms. The van der Waals surface area contributed by atoms with Gasteiger partial charge < -0.3 is 10.6 Å². The zero-order valence-electron chi connectivity index (χ0n) is 12.7. The van der Waals surface area contributed by atoms with Gasteiger partial charge in [-0.1, -0.05) is 0 Å². The third-order valence-electron chi connectivity index (χ3n) is 3.92. The molecule has 0 saturated heterocycles. The van der Waals surface area contributed by atoms with Gasteiger partial charge in [0.05, 0.1) is 4.92 Å². The number of nitrogens with zero attached hydrogens (tertiary/aromatic N) is 4. The van der Waals surface area contributed by atoms with E-state index in [1.165, 1.54) is 18.9 Å². The van der Waals surface area contributed by atoms with Crippen molar-refractivity contribution in [3.8, 4) is 0 Å². The Bertz CT molecular complexity index is 904. The molecule has 0 atom stereocenters. The van der Waals surface area contributed by atoms with Crippen molar-refractivity contribution in [1.82, 2.24) is 20.4 Å². The summed E-state index contributed by atoms with van der Waals surface area (Å²) in [4.78, 5) is 15.1. The van der Waals surface area contributed by atoms with E-state index in [1.807, 2.05) is 0 Å². The maximum atomic E-state index is 11.2. The molecule has 9 nitrogen and oxygen atoms in total. The fraction of sp³-hybridized carbons (Fsp3) is 0.267. The second kappa shape index (κ2) is 5.76. The number of rotatable bonds is 6. The number of H-pyrrole nitrogens is 1. The molecule has 2 aromatic heterocycles. The van der Waals surface area contributed by atoms with Crippen molar-refractivity contribution in [2.45, 2.75) is 12.8 Å². The molecule has 0 amide bonds. The Morgan fingerprint density at radius 3 is 2.83 bits per heavy atom. The van der Waals surface area contributed by atoms with Gasteiger partial charge in [-0.05, 0) is 43.0 Å². The van der Waals surface area contributed by atoms with Crippen LogP contribution in [0.5, 0.6) is 0 Å². The quantitative estimate of drug-likeness (QED) is 0.470. The number of aromatic nitrogens is 4. The molecular weight excluding hydrogens is 310 g/mol. The molecule has 1 aliphatic rings. The van der Waals surface area contributed by atoms with Crippen molar-refractivity contribution >= 4 is 34.0 Å². The summed E-state index contributed by atoms with van der Waals surface area (Å²) in [6.07, 6.45) is 2.45. The highest BCUT2D eigenvalue weighted by Crippen LogP contribution is 2.31. The Morgan fingerprint density at radius 2 is 2.04 bits per heavy atom. The van der Waals surface area contributed by atoms with E-state index in [0.29, 0.717) is 22.9 Å². The molecule has 4 rings (SSSR count). The zero-order valence-corrected chi connectivity index (χ0v) is 12.7. The molecule has 0 aliphatic heterocycles. The maximum Gasteiger partial charge on any atom is 0.311 e. The maximum absolute atomic E-state index is 11.2. The Balaban J connectivity index is 1.62. The Kier molecular flexibility index (Phi) is 3.45. The van der Waals surface area contributed by atoms with Crippen LogP contribution in [0, 0.1) is 16.0 Å². The van der Waals surface area contributed by atoms with Crippen LogP contribution < -0.4 is 10.6 Å². The van der Waals surface area contributed by atoms with Crippen LogP contribution in [-0.2, 0) is 0 Å². The molecule has 0 unspecified atom stereocenters. The van der Waals surface area contributed by atoms with Gasteiger partial charge in [0.15, 0.2) is 0 Å². The minimum absolute atomic E-state index is 0.0766. The highest BCUT2D eigenvalue weighted by Gasteiger charge is 2.22. The third kappa shape index (κ3) is 2.96. The summed E-state index contributed by atoms with van der Waals surface area (Å²) in [6, 6.07) is 8.41. The topological polar surface area (TPSA) is 122 Å². The van der Waals surface area contributed by atoms with E-state index in [9.17, 15) is 10.1 Å². The summed E-state index contributed by atoms with van der Waals surface area (Å²) >= 11 is 0. The van der Waals surface area contributed by atoms with Crippen molar-refractivity contribution in [1.29, 1.82) is 0 Å². The van der Waals surface area contributed by atoms with Crippen molar-refractivity contribution in [3.05, 3.63) is 40.4 Å². The first-order valence-corrected chi connectivity index (χ1v) is 7.66. The lowest BCUT2D eigenvalue weighted by Crippen LogP contribution is -2.07. The van der Waals surface area contributed by atoms with E-state index in [4.69, 9.17) is 0 Å². The van der Waals surface area contributed by atoms with Gasteiger partial charge in [-0.15, -0.1) is 0 Å². The van der Waals surface area contributed by atoms with Crippen LogP contribution in [0.1, 0.15) is 12.8 Å². The predicted molar refractivity (Wildman–Crippen MR) is 89.3 cm³/mol. The number of hydrogen-bond donors (Lipinski definition) is 3. The lowest BCUT2D eigenvalue weighted by Gasteiger charge is -2.09. The highest BCUT2D eigenvalue weighted by molar-refractivity contribution is 5.80. The van der Waals surface area contributed by atoms with Crippen LogP contribution in [-0.4, -0.2) is 31.9 Å². The number of hydrogen-bond acceptors (Lipinski definition) is 7. The fourth-order valence-electron chi connectivity index (χ4n) is 2.42. The standard InChI is InChI=1S/C15H15N7O2/c23-22(24)13-5-6-14(16-8-9-1-2-9)18-15(13)17-10-3-4-11-12(7-10)20-21-19-11/h3-7,9H,1-2,8H2,(H2,16,17,18)(H,19,20,21). The van der Waals surface area contributed by atoms with Gasteiger partial charge in [0.25, 0.3) is 0 Å². The van der Waals surface area contributed by atoms with Gasteiger partial charge >= 0.3 is 5.69 Å². The van der Waals surface area contributed by atoms with E-state index < -0.39 is 4.92 Å². The molecule has 1 aromatic carbocycles. The molecule has 9 heteroatoms. The highest BCUT2D eigenvalue weighted by atomic mass is 16.6. The number of nitro groups is 1. The van der Waals surface area contributed by atoms with Gasteiger partial charge in [0.1, 0.15) is 16.9 Å².